The number of nitrogens with one attached hydrogen (secondary N) is 2. The second-order valence-electron chi connectivity index (χ2n) is 5.86. The van der Waals surface area contributed by atoms with Gasteiger partial charge in [0.1, 0.15) is 6.54 Å². The molecule has 23 heavy (non-hydrogen) atoms. The largest absolute Gasteiger partial charge is 0.326 e. The van der Waals surface area contributed by atoms with Crippen LogP contribution in [0.1, 0.15) is 25.3 Å². The molecule has 0 saturated carbocycles. The average Bonchev–Trinajstić information content (AvgIpc) is 2.84. The van der Waals surface area contributed by atoms with E-state index >= 15 is 0 Å². The predicted molar refractivity (Wildman–Crippen MR) is 91.7 cm³/mol. The second-order valence-corrected chi connectivity index (χ2v) is 5.86. The van der Waals surface area contributed by atoms with E-state index in [-0.39, 0.29) is 18.1 Å². The lowest BCUT2D eigenvalue weighted by Crippen LogP contribution is -2.25. The predicted octanol–water partition coefficient (Wildman–Crippen LogP) is 3.09. The Labute approximate surface area is 134 Å². The molecule has 0 saturated heterocycles. The van der Waals surface area contributed by atoms with E-state index in [2.05, 4.69) is 24.1 Å². The van der Waals surface area contributed by atoms with Crippen LogP contribution in [0.5, 0.6) is 0 Å². The highest BCUT2D eigenvalue weighted by molar-refractivity contribution is 5.91. The van der Waals surface area contributed by atoms with Gasteiger partial charge in [-0.1, -0.05) is 38.1 Å². The third kappa shape index (κ3) is 3.18. The fourth-order valence-corrected chi connectivity index (χ4v) is 2.56. The number of fused-ring (bicyclic) bond motifs is 1. The summed E-state index contributed by atoms with van der Waals surface area (Å²) in [4.78, 5) is 26.9. The summed E-state index contributed by atoms with van der Waals surface area (Å²) >= 11 is 0. The van der Waals surface area contributed by atoms with Crippen molar-refractivity contribution in [1.29, 1.82) is 0 Å². The Morgan fingerprint density at radius 1 is 1.13 bits per heavy atom. The first-order valence-electron chi connectivity index (χ1n) is 7.62. The zero-order chi connectivity index (χ0) is 16.4. The van der Waals surface area contributed by atoms with E-state index in [0.29, 0.717) is 5.92 Å². The summed E-state index contributed by atoms with van der Waals surface area (Å²) in [5.41, 5.74) is 3.12. The van der Waals surface area contributed by atoms with Crippen LogP contribution in [0.15, 0.2) is 53.3 Å². The van der Waals surface area contributed by atoms with E-state index in [4.69, 9.17) is 0 Å². The smallest absolute Gasteiger partial charge is 0.325 e. The number of carbonyl (C=O) groups is 1. The monoisotopic (exact) mass is 309 g/mol. The summed E-state index contributed by atoms with van der Waals surface area (Å²) in [6, 6.07) is 15.1. The van der Waals surface area contributed by atoms with Crippen LogP contribution in [-0.4, -0.2) is 15.5 Å². The molecule has 0 atom stereocenters. The maximum Gasteiger partial charge on any atom is 0.326 e. The molecule has 0 aliphatic carbocycles. The van der Waals surface area contributed by atoms with E-state index in [9.17, 15) is 9.59 Å². The molecule has 1 heterocycles. The van der Waals surface area contributed by atoms with Gasteiger partial charge in [0.05, 0.1) is 11.0 Å². The Balaban J connectivity index is 1.76. The van der Waals surface area contributed by atoms with E-state index in [1.165, 1.54) is 10.1 Å². The summed E-state index contributed by atoms with van der Waals surface area (Å²) in [6.07, 6.45) is 0. The number of benzene rings is 2. The molecule has 2 N–H and O–H groups in total. The van der Waals surface area contributed by atoms with Gasteiger partial charge in [0, 0.05) is 5.69 Å². The summed E-state index contributed by atoms with van der Waals surface area (Å²) < 4.78 is 1.44. The van der Waals surface area contributed by atoms with Gasteiger partial charge in [-0.3, -0.25) is 9.36 Å². The number of nitrogens with zero attached hydrogens (tertiary/aromatic N) is 1. The molecule has 0 fully saturated rings. The van der Waals surface area contributed by atoms with Gasteiger partial charge in [-0.2, -0.15) is 0 Å². The summed E-state index contributed by atoms with van der Waals surface area (Å²) in [7, 11) is 0. The topological polar surface area (TPSA) is 66.9 Å². The van der Waals surface area contributed by atoms with Gasteiger partial charge in [-0.25, -0.2) is 4.79 Å². The Kier molecular flexibility index (Phi) is 4.02. The van der Waals surface area contributed by atoms with Crippen molar-refractivity contribution in [2.24, 2.45) is 0 Å². The van der Waals surface area contributed by atoms with Gasteiger partial charge in [0.15, 0.2) is 0 Å². The molecule has 0 aliphatic heterocycles. The van der Waals surface area contributed by atoms with Gasteiger partial charge >= 0.3 is 5.69 Å². The molecule has 5 nitrogen and oxygen atoms in total. The highest BCUT2D eigenvalue weighted by Crippen LogP contribution is 2.17. The molecule has 3 aromatic rings. The molecule has 0 spiro atoms. The van der Waals surface area contributed by atoms with Crippen molar-refractivity contribution in [3.05, 3.63) is 64.6 Å². The maximum absolute atomic E-state index is 12.2. The van der Waals surface area contributed by atoms with Gasteiger partial charge in [-0.05, 0) is 35.7 Å². The number of amides is 1. The second kappa shape index (κ2) is 6.12. The third-order valence-corrected chi connectivity index (χ3v) is 3.84. The zero-order valence-corrected chi connectivity index (χ0v) is 13.2. The van der Waals surface area contributed by atoms with Gasteiger partial charge < -0.3 is 10.3 Å². The van der Waals surface area contributed by atoms with Crippen molar-refractivity contribution in [2.45, 2.75) is 26.3 Å². The minimum absolute atomic E-state index is 0.0191. The van der Waals surface area contributed by atoms with Crippen LogP contribution in [-0.2, 0) is 11.3 Å². The number of aromatic nitrogens is 2. The van der Waals surface area contributed by atoms with Crippen molar-refractivity contribution < 1.29 is 4.79 Å². The van der Waals surface area contributed by atoms with Crippen LogP contribution in [0.2, 0.25) is 0 Å². The van der Waals surface area contributed by atoms with Crippen molar-refractivity contribution in [2.75, 3.05) is 5.32 Å². The number of carbonyl (C=O) groups excluding carboxylic acids is 1. The molecular weight excluding hydrogens is 290 g/mol. The molecule has 3 rings (SSSR count). The van der Waals surface area contributed by atoms with Gasteiger partial charge in [0.25, 0.3) is 0 Å². The van der Waals surface area contributed by atoms with Crippen molar-refractivity contribution in [1.82, 2.24) is 9.55 Å². The molecule has 0 aliphatic rings. The lowest BCUT2D eigenvalue weighted by atomic mass is 10.0. The fourth-order valence-electron chi connectivity index (χ4n) is 2.56. The van der Waals surface area contributed by atoms with Crippen molar-refractivity contribution >= 4 is 22.6 Å². The van der Waals surface area contributed by atoms with Crippen molar-refractivity contribution in [3.63, 3.8) is 0 Å². The van der Waals surface area contributed by atoms with Gasteiger partial charge in [-0.15, -0.1) is 0 Å². The molecule has 1 aromatic heterocycles. The zero-order valence-electron chi connectivity index (χ0n) is 13.2. The summed E-state index contributed by atoms with van der Waals surface area (Å²) in [5.74, 6) is 0.221. The number of H-pyrrole nitrogens is 1. The Morgan fingerprint density at radius 3 is 2.52 bits per heavy atom. The van der Waals surface area contributed by atoms with E-state index in [0.717, 1.165) is 16.7 Å². The average molecular weight is 309 g/mol. The first kappa shape index (κ1) is 15.1. The number of hydrogen-bond acceptors (Lipinski definition) is 2. The van der Waals surface area contributed by atoms with E-state index in [1.807, 2.05) is 48.5 Å². The molecule has 2 aromatic carbocycles. The van der Waals surface area contributed by atoms with Crippen LogP contribution >= 0.6 is 0 Å². The summed E-state index contributed by atoms with van der Waals surface area (Å²) in [5, 5.41) is 2.83. The lowest BCUT2D eigenvalue weighted by Gasteiger charge is -2.09. The number of anilines is 1. The standard InChI is InChI=1S/C18H19N3O2/c1-12(2)13-7-9-14(10-8-13)19-17(22)11-21-16-6-4-3-5-15(16)20-18(21)23/h3-10,12H,11H2,1-2H3,(H,19,22)(H,20,23). The van der Waals surface area contributed by atoms with Crippen molar-refractivity contribution in [3.8, 4) is 0 Å². The quantitative estimate of drug-likeness (QED) is 0.777. The van der Waals surface area contributed by atoms with E-state index < -0.39 is 0 Å². The maximum atomic E-state index is 12.2. The molecule has 0 radical (unpaired) electrons. The highest BCUT2D eigenvalue weighted by Gasteiger charge is 2.10. The molecule has 118 valence electrons. The van der Waals surface area contributed by atoms with E-state index in [1.54, 1.807) is 0 Å². The normalized spacial score (nSPS) is 11.1. The van der Waals surface area contributed by atoms with Gasteiger partial charge in [0.2, 0.25) is 5.91 Å². The van der Waals surface area contributed by atoms with Crippen LogP contribution in [0.25, 0.3) is 11.0 Å². The van der Waals surface area contributed by atoms with Crippen LogP contribution in [0.3, 0.4) is 0 Å². The van der Waals surface area contributed by atoms with Crippen LogP contribution in [0, 0.1) is 0 Å². The minimum Gasteiger partial charge on any atom is -0.325 e. The molecule has 0 unspecified atom stereocenters. The summed E-state index contributed by atoms with van der Waals surface area (Å²) in [6.45, 7) is 4.23. The number of imidazole rings is 1. The number of hydrogen-bond donors (Lipinski definition) is 2. The molecule has 1 amide bonds. The molecule has 5 heteroatoms. The minimum atomic E-state index is -0.281. The highest BCUT2D eigenvalue weighted by atomic mass is 16.2. The first-order chi connectivity index (χ1) is 11.0. The molecule has 0 bridgehead atoms. The van der Waals surface area contributed by atoms with Crippen LogP contribution < -0.4 is 11.0 Å². The van der Waals surface area contributed by atoms with Crippen LogP contribution in [0.4, 0.5) is 5.69 Å². The lowest BCUT2D eigenvalue weighted by molar-refractivity contribution is -0.116. The third-order valence-electron chi connectivity index (χ3n) is 3.84. The Hall–Kier alpha value is -2.82. The Morgan fingerprint density at radius 2 is 1.83 bits per heavy atom. The number of aromatic amines is 1. The first-order valence-corrected chi connectivity index (χ1v) is 7.62. The Bertz CT molecular complexity index is 889. The molecular formula is C18H19N3O2. The SMILES string of the molecule is CC(C)c1ccc(NC(=O)Cn2c(=O)[nH]c3ccccc32)cc1. The number of rotatable bonds is 4. The fraction of sp³-hybridized carbons (Fsp3) is 0.222. The number of para-hydroxylation sites is 2.